The Labute approximate surface area is 472 Å². The summed E-state index contributed by atoms with van der Waals surface area (Å²) in [7, 11) is 0. The SMILES string of the molecule is CC(C)c1cccc(C(C)C)c1NC(=O)c1cc(Oc2ccc(F)cc2)c2c3c(Oc4ccc(F)cc4)ccc4ccc(Oc5ccc(F)cc5)c(c5c(Oc6ccc(F)cc6)cc(C(=O)Nc6c(C(C)C)cccc6C(C)C)c1c25)c43. The summed E-state index contributed by atoms with van der Waals surface area (Å²) in [5.41, 5.74) is 4.78. The van der Waals surface area contributed by atoms with Gasteiger partial charge < -0.3 is 29.6 Å². The number of benzene rings is 11. The lowest BCUT2D eigenvalue weighted by atomic mass is 9.84. The van der Waals surface area contributed by atoms with Crippen LogP contribution in [0, 0.1) is 23.3 Å². The van der Waals surface area contributed by atoms with Gasteiger partial charge in [0.2, 0.25) is 0 Å². The Morgan fingerprint density at radius 2 is 0.610 bits per heavy atom. The second kappa shape index (κ2) is 22.3. The highest BCUT2D eigenvalue weighted by atomic mass is 19.1. The minimum absolute atomic E-state index is 0.0126. The van der Waals surface area contributed by atoms with Crippen LogP contribution in [0.1, 0.15) is 122 Å². The Morgan fingerprint density at radius 1 is 0.329 bits per heavy atom. The van der Waals surface area contributed by atoms with Gasteiger partial charge >= 0.3 is 0 Å². The van der Waals surface area contributed by atoms with Crippen LogP contribution in [0.15, 0.2) is 170 Å². The Hall–Kier alpha value is -9.42. The molecule has 0 atom stereocenters. The van der Waals surface area contributed by atoms with Gasteiger partial charge in [-0.15, -0.1) is 0 Å². The summed E-state index contributed by atoms with van der Waals surface area (Å²) in [6.07, 6.45) is 0. The van der Waals surface area contributed by atoms with Gasteiger partial charge in [0, 0.05) is 49.1 Å². The molecule has 0 aliphatic heterocycles. The summed E-state index contributed by atoms with van der Waals surface area (Å²) >= 11 is 0. The fraction of sp³-hybridized carbons (Fsp3) is 0.171. The van der Waals surface area contributed by atoms with E-state index in [1.807, 2.05) is 104 Å². The Morgan fingerprint density at radius 3 is 0.902 bits per heavy atom. The highest BCUT2D eigenvalue weighted by molar-refractivity contribution is 6.41. The van der Waals surface area contributed by atoms with Gasteiger partial charge in [0.1, 0.15) is 69.3 Å². The third-order valence-corrected chi connectivity index (χ3v) is 14.8. The molecule has 0 aliphatic carbocycles. The number of nitrogens with one attached hydrogen (secondary N) is 2. The van der Waals surface area contributed by atoms with Crippen molar-refractivity contribution < 1.29 is 46.1 Å². The molecular weight excluding hydrogens is 1040 g/mol. The zero-order valence-electron chi connectivity index (χ0n) is 46.4. The Kier molecular flexibility index (Phi) is 14.8. The van der Waals surface area contributed by atoms with E-state index >= 15 is 9.59 Å². The molecule has 2 N–H and O–H groups in total. The number of carbonyl (C=O) groups excluding carboxylic acids is 2. The van der Waals surface area contributed by atoms with Gasteiger partial charge in [-0.05, 0) is 173 Å². The smallest absolute Gasteiger partial charge is 0.256 e. The molecule has 0 fully saturated rings. The van der Waals surface area contributed by atoms with Crippen LogP contribution in [0.25, 0.3) is 43.1 Å². The molecule has 8 nitrogen and oxygen atoms in total. The van der Waals surface area contributed by atoms with Crippen LogP contribution in [0.5, 0.6) is 46.0 Å². The average molecular weight is 1100 g/mol. The van der Waals surface area contributed by atoms with Crippen molar-refractivity contribution in [2.45, 2.75) is 79.1 Å². The topological polar surface area (TPSA) is 95.1 Å². The van der Waals surface area contributed by atoms with Crippen molar-refractivity contribution in [1.29, 1.82) is 0 Å². The van der Waals surface area contributed by atoms with E-state index in [0.717, 1.165) is 22.3 Å². The predicted octanol–water partition coefficient (Wildman–Crippen LogP) is 20.5. The Bertz CT molecular complexity index is 3920. The largest absolute Gasteiger partial charge is 0.457 e. The number of halogens is 4. The van der Waals surface area contributed by atoms with Crippen molar-refractivity contribution in [3.63, 3.8) is 0 Å². The first-order chi connectivity index (χ1) is 39.4. The second-order valence-electron chi connectivity index (χ2n) is 21.7. The van der Waals surface area contributed by atoms with Crippen LogP contribution < -0.4 is 29.6 Å². The van der Waals surface area contributed by atoms with E-state index in [9.17, 15) is 17.6 Å². The molecule has 0 bridgehead atoms. The highest BCUT2D eigenvalue weighted by Crippen LogP contribution is 2.56. The Balaban J connectivity index is 1.36. The molecule has 11 aromatic carbocycles. The number of rotatable bonds is 16. The van der Waals surface area contributed by atoms with Gasteiger partial charge in [0.25, 0.3) is 11.8 Å². The van der Waals surface area contributed by atoms with Gasteiger partial charge in [-0.25, -0.2) is 17.6 Å². The number of para-hydroxylation sites is 2. The minimum Gasteiger partial charge on any atom is -0.457 e. The molecule has 2 amide bonds. The molecular formula is C70H58F4N2O6. The van der Waals surface area contributed by atoms with E-state index < -0.39 is 35.1 Å². The molecule has 0 heterocycles. The number of hydrogen-bond donors (Lipinski definition) is 2. The summed E-state index contributed by atoms with van der Waals surface area (Å²) < 4.78 is 86.4. The maximum absolute atomic E-state index is 16.2. The summed E-state index contributed by atoms with van der Waals surface area (Å²) in [5, 5.41) is 9.79. The van der Waals surface area contributed by atoms with E-state index in [0.29, 0.717) is 43.7 Å². The van der Waals surface area contributed by atoms with E-state index in [1.165, 1.54) is 97.1 Å². The number of fused-ring (bicyclic) bond motifs is 2. The van der Waals surface area contributed by atoms with Crippen molar-refractivity contribution in [2.24, 2.45) is 0 Å². The quantitative estimate of drug-likeness (QED) is 0.0569. The fourth-order valence-corrected chi connectivity index (χ4v) is 10.9. The van der Waals surface area contributed by atoms with Gasteiger partial charge in [0.15, 0.2) is 0 Å². The zero-order valence-corrected chi connectivity index (χ0v) is 46.4. The van der Waals surface area contributed by atoms with Crippen LogP contribution in [-0.4, -0.2) is 11.8 Å². The lowest BCUT2D eigenvalue weighted by Crippen LogP contribution is -2.20. The third kappa shape index (κ3) is 10.5. The normalized spacial score (nSPS) is 11.7. The van der Waals surface area contributed by atoms with Crippen molar-refractivity contribution >= 4 is 66.3 Å². The lowest BCUT2D eigenvalue weighted by molar-refractivity contribution is 0.102. The van der Waals surface area contributed by atoms with E-state index in [1.54, 1.807) is 24.3 Å². The zero-order chi connectivity index (χ0) is 57.7. The average Bonchev–Trinajstić information content (AvgIpc) is 1.53. The first-order valence-corrected chi connectivity index (χ1v) is 27.3. The predicted molar refractivity (Wildman–Crippen MR) is 319 cm³/mol. The molecule has 12 heteroatoms. The summed E-state index contributed by atoms with van der Waals surface area (Å²) in [6, 6.07) is 44.3. The number of amides is 2. The summed E-state index contributed by atoms with van der Waals surface area (Å²) in [4.78, 5) is 32.3. The summed E-state index contributed by atoms with van der Waals surface area (Å²) in [6.45, 7) is 16.4. The number of ether oxygens (including phenoxy) is 4. The standard InChI is InChI=1S/C70H58F4N2O6/c1-37(2)50-11-9-12-51(38(3)4)67(50)75-69(77)54-35-58(81-48-29-21-44(73)22-30-48)64-62-56(79-46-25-17-42(71)18-26-46)33-15-41-16-34-57(80-47-27-19-43(72)20-28-47)63(60(41)62)65-59(82-49-31-23-45(74)24-32-49)36-55(61(54)66(64)65)70(78)76-68-52(39(5)6)13-10-14-53(68)40(7)8/h9-40H,1-8H3,(H,75,77)(H,76,78). The minimum atomic E-state index is -0.592. The molecule has 0 saturated carbocycles. The van der Waals surface area contributed by atoms with E-state index in [4.69, 9.17) is 18.9 Å². The van der Waals surface area contributed by atoms with Gasteiger partial charge in [-0.2, -0.15) is 0 Å². The van der Waals surface area contributed by atoms with Crippen LogP contribution >= 0.6 is 0 Å². The van der Waals surface area contributed by atoms with Crippen LogP contribution in [0.3, 0.4) is 0 Å². The summed E-state index contributed by atoms with van der Waals surface area (Å²) in [5.74, 6) is -1.63. The van der Waals surface area contributed by atoms with Crippen molar-refractivity contribution in [1.82, 2.24) is 0 Å². The van der Waals surface area contributed by atoms with Crippen molar-refractivity contribution in [2.75, 3.05) is 10.6 Å². The highest BCUT2D eigenvalue weighted by Gasteiger charge is 2.33. The maximum atomic E-state index is 16.2. The maximum Gasteiger partial charge on any atom is 0.256 e. The number of carbonyl (C=O) groups is 2. The number of hydrogen-bond acceptors (Lipinski definition) is 6. The van der Waals surface area contributed by atoms with Gasteiger partial charge in [-0.3, -0.25) is 9.59 Å². The monoisotopic (exact) mass is 1100 g/mol. The molecule has 0 radical (unpaired) electrons. The van der Waals surface area contributed by atoms with E-state index in [2.05, 4.69) is 10.6 Å². The third-order valence-electron chi connectivity index (χ3n) is 14.8. The van der Waals surface area contributed by atoms with Crippen molar-refractivity contribution in [3.05, 3.63) is 227 Å². The molecule has 412 valence electrons. The van der Waals surface area contributed by atoms with Crippen LogP contribution in [-0.2, 0) is 0 Å². The fourth-order valence-electron chi connectivity index (χ4n) is 10.9. The molecule has 11 aromatic rings. The van der Waals surface area contributed by atoms with Crippen LogP contribution in [0.4, 0.5) is 28.9 Å². The molecule has 82 heavy (non-hydrogen) atoms. The first kappa shape index (κ1) is 54.5. The molecule has 0 saturated heterocycles. The van der Waals surface area contributed by atoms with Crippen molar-refractivity contribution in [3.8, 4) is 46.0 Å². The van der Waals surface area contributed by atoms with Gasteiger partial charge in [0.05, 0.1) is 11.1 Å². The molecule has 0 spiro atoms. The molecule has 0 unspecified atom stereocenters. The van der Waals surface area contributed by atoms with Gasteiger partial charge in [-0.1, -0.05) is 104 Å². The van der Waals surface area contributed by atoms with Crippen LogP contribution in [0.2, 0.25) is 0 Å². The van der Waals surface area contributed by atoms with E-state index in [-0.39, 0.29) is 91.6 Å². The number of anilines is 2. The molecule has 11 rings (SSSR count). The second-order valence-corrected chi connectivity index (χ2v) is 21.7. The molecule has 0 aliphatic rings. The first-order valence-electron chi connectivity index (χ1n) is 27.3. The lowest BCUT2D eigenvalue weighted by Gasteiger charge is -2.26. The molecule has 0 aromatic heterocycles.